The molecule has 6 heteroatoms. The number of hydrogen-bond donors (Lipinski definition) is 1. The van der Waals surface area contributed by atoms with Gasteiger partial charge in [0.1, 0.15) is 11.6 Å². The number of likely N-dealkylation sites (tertiary alicyclic amines) is 1. The molecule has 6 rings (SSSR count). The highest BCUT2D eigenvalue weighted by atomic mass is 16.6. The second-order valence-electron chi connectivity index (χ2n) is 9.48. The van der Waals surface area contributed by atoms with E-state index in [9.17, 15) is 15.1 Å². The molecule has 0 radical (unpaired) electrons. The Bertz CT molecular complexity index is 882. The monoisotopic (exact) mass is 385 g/mol. The Kier molecular flexibility index (Phi) is 3.26. The Morgan fingerprint density at radius 3 is 2.93 bits per heavy atom. The largest absolute Gasteiger partial charge is 0.632 e. The van der Waals surface area contributed by atoms with E-state index in [0.717, 1.165) is 24.0 Å². The van der Waals surface area contributed by atoms with Crippen molar-refractivity contribution in [3.8, 4) is 11.5 Å². The molecule has 2 bridgehead atoms. The van der Waals surface area contributed by atoms with Gasteiger partial charge in [0, 0.05) is 37.4 Å². The number of piperidine rings is 1. The maximum atomic E-state index is 14.2. The van der Waals surface area contributed by atoms with E-state index in [1.54, 1.807) is 6.07 Å². The third-order valence-electron chi connectivity index (χ3n) is 8.21. The van der Waals surface area contributed by atoms with Crippen LogP contribution in [0.25, 0.3) is 0 Å². The molecule has 0 aromatic heterocycles. The second kappa shape index (κ2) is 5.29. The SMILES string of the molecule is CCOC12CCC(=O)[C@@H]3Oc4c(O)ccc5c4[C@@]31CC[N+]([O-])(CC1CC1)[C@@H]2C5. The highest BCUT2D eigenvalue weighted by Crippen LogP contribution is 2.67. The van der Waals surface area contributed by atoms with Gasteiger partial charge < -0.3 is 24.4 Å². The van der Waals surface area contributed by atoms with Crippen LogP contribution in [0.4, 0.5) is 0 Å². The number of hydroxylamine groups is 3. The summed E-state index contributed by atoms with van der Waals surface area (Å²) in [6.45, 7) is 3.64. The molecular weight excluding hydrogens is 358 g/mol. The fourth-order valence-corrected chi connectivity index (χ4v) is 7.06. The Balaban J connectivity index is 1.62. The van der Waals surface area contributed by atoms with Crippen LogP contribution in [0.5, 0.6) is 11.5 Å². The summed E-state index contributed by atoms with van der Waals surface area (Å²) in [6, 6.07) is 3.36. The van der Waals surface area contributed by atoms with Crippen molar-refractivity contribution in [2.24, 2.45) is 5.92 Å². The van der Waals surface area contributed by atoms with Crippen molar-refractivity contribution in [3.63, 3.8) is 0 Å². The topological polar surface area (TPSA) is 78.8 Å². The number of ketones is 1. The van der Waals surface area contributed by atoms with E-state index in [2.05, 4.69) is 0 Å². The molecule has 5 aliphatic rings. The quantitative estimate of drug-likeness (QED) is 0.637. The molecule has 2 aliphatic heterocycles. The lowest BCUT2D eigenvalue weighted by Gasteiger charge is -2.68. The Hall–Kier alpha value is -1.63. The Morgan fingerprint density at radius 1 is 1.36 bits per heavy atom. The van der Waals surface area contributed by atoms with Crippen molar-refractivity contribution < 1.29 is 24.0 Å². The highest BCUT2D eigenvalue weighted by Gasteiger charge is 2.77. The molecule has 5 atom stereocenters. The van der Waals surface area contributed by atoms with Crippen LogP contribution in [0.1, 0.15) is 50.2 Å². The molecule has 6 nitrogen and oxygen atoms in total. The number of rotatable bonds is 4. The van der Waals surface area contributed by atoms with Crippen molar-refractivity contribution >= 4 is 5.78 Å². The van der Waals surface area contributed by atoms with Crippen LogP contribution in [0.3, 0.4) is 0 Å². The van der Waals surface area contributed by atoms with Gasteiger partial charge in [0.2, 0.25) is 0 Å². The lowest BCUT2D eigenvalue weighted by atomic mass is 9.48. The number of phenols is 1. The first-order chi connectivity index (χ1) is 13.5. The Labute approximate surface area is 164 Å². The number of nitrogens with zero attached hydrogens (tertiary/aromatic N) is 1. The standard InChI is InChI=1S/C22H27NO5/c1-2-27-22-8-7-16(25)20-21(22)9-10-23(26,12-13-3-4-13)17(22)11-14-5-6-15(24)19(28-20)18(14)21/h5-6,13,17,20,24H,2-4,7-12H2,1H3/t17-,20+,21+,22?,23?/m1/s1. The summed E-state index contributed by atoms with van der Waals surface area (Å²) in [5, 5.41) is 24.7. The van der Waals surface area contributed by atoms with Gasteiger partial charge in [-0.2, -0.15) is 0 Å². The number of Topliss-reactive ketones (excluding diaryl/α,β-unsaturated/α-hetero) is 1. The van der Waals surface area contributed by atoms with Gasteiger partial charge in [0.25, 0.3) is 0 Å². The minimum Gasteiger partial charge on any atom is -0.632 e. The van der Waals surface area contributed by atoms with Crippen molar-refractivity contribution in [2.45, 2.75) is 68.6 Å². The molecule has 2 heterocycles. The maximum Gasteiger partial charge on any atom is 0.174 e. The molecule has 2 saturated carbocycles. The van der Waals surface area contributed by atoms with Crippen LogP contribution in [-0.4, -0.2) is 53.0 Å². The molecule has 1 spiro atoms. The lowest BCUT2D eigenvalue weighted by molar-refractivity contribution is -0.924. The van der Waals surface area contributed by atoms with E-state index < -0.39 is 17.1 Å². The summed E-state index contributed by atoms with van der Waals surface area (Å²) >= 11 is 0. The number of phenolic OH excluding ortho intramolecular Hbond substituents is 1. The van der Waals surface area contributed by atoms with Gasteiger partial charge in [-0.1, -0.05) is 6.07 Å². The maximum absolute atomic E-state index is 14.2. The summed E-state index contributed by atoms with van der Waals surface area (Å²) in [7, 11) is 0. The van der Waals surface area contributed by atoms with E-state index in [1.165, 1.54) is 0 Å². The van der Waals surface area contributed by atoms with Gasteiger partial charge in [0.05, 0.1) is 18.5 Å². The second-order valence-corrected chi connectivity index (χ2v) is 9.48. The normalized spacial score (nSPS) is 42.9. The average Bonchev–Trinajstić information content (AvgIpc) is 3.39. The first-order valence-electron chi connectivity index (χ1n) is 10.7. The first-order valence-corrected chi connectivity index (χ1v) is 10.7. The predicted octanol–water partition coefficient (Wildman–Crippen LogP) is 2.58. The molecular formula is C22H27NO5. The number of ether oxygens (including phenoxy) is 2. The summed E-state index contributed by atoms with van der Waals surface area (Å²) in [5.41, 5.74) is 0.675. The molecule has 3 aliphatic carbocycles. The van der Waals surface area contributed by atoms with Crippen LogP contribution in [0, 0.1) is 11.1 Å². The third kappa shape index (κ3) is 1.83. The number of carbonyl (C=O) groups excluding carboxylic acids is 1. The molecule has 1 N–H and O–H groups in total. The van der Waals surface area contributed by atoms with E-state index in [0.29, 0.717) is 57.0 Å². The minimum atomic E-state index is -0.693. The minimum absolute atomic E-state index is 0.0746. The summed E-state index contributed by atoms with van der Waals surface area (Å²) in [4.78, 5) is 13.0. The van der Waals surface area contributed by atoms with Crippen LogP contribution in [0.15, 0.2) is 12.1 Å². The van der Waals surface area contributed by atoms with Crippen LogP contribution < -0.4 is 4.74 Å². The molecule has 1 aromatic rings. The lowest BCUT2D eigenvalue weighted by Crippen LogP contribution is -2.81. The molecule has 28 heavy (non-hydrogen) atoms. The molecule has 1 saturated heterocycles. The average molecular weight is 385 g/mol. The van der Waals surface area contributed by atoms with Crippen molar-refractivity contribution in [1.82, 2.24) is 0 Å². The van der Waals surface area contributed by atoms with Gasteiger partial charge in [-0.3, -0.25) is 4.79 Å². The molecule has 1 aromatic carbocycles. The molecule has 2 unspecified atom stereocenters. The summed E-state index contributed by atoms with van der Waals surface area (Å²) in [5.74, 6) is 1.15. The zero-order valence-electron chi connectivity index (χ0n) is 16.3. The van der Waals surface area contributed by atoms with E-state index in [1.807, 2.05) is 13.0 Å². The van der Waals surface area contributed by atoms with Gasteiger partial charge >= 0.3 is 0 Å². The van der Waals surface area contributed by atoms with Gasteiger partial charge in [-0.15, -0.1) is 0 Å². The van der Waals surface area contributed by atoms with Crippen LogP contribution >= 0.6 is 0 Å². The van der Waals surface area contributed by atoms with Crippen LogP contribution in [0.2, 0.25) is 0 Å². The third-order valence-corrected chi connectivity index (χ3v) is 8.21. The van der Waals surface area contributed by atoms with Gasteiger partial charge in [-0.25, -0.2) is 0 Å². The van der Waals surface area contributed by atoms with Gasteiger partial charge in [-0.05, 0) is 37.8 Å². The van der Waals surface area contributed by atoms with Crippen LogP contribution in [-0.2, 0) is 21.4 Å². The zero-order chi connectivity index (χ0) is 19.3. The molecule has 150 valence electrons. The molecule has 3 fully saturated rings. The van der Waals surface area contributed by atoms with Crippen molar-refractivity contribution in [1.29, 1.82) is 0 Å². The summed E-state index contributed by atoms with van der Waals surface area (Å²) < 4.78 is 12.5. The fraction of sp³-hybridized carbons (Fsp3) is 0.682. The number of quaternary nitrogens is 1. The van der Waals surface area contributed by atoms with Crippen molar-refractivity contribution in [3.05, 3.63) is 28.5 Å². The van der Waals surface area contributed by atoms with E-state index in [-0.39, 0.29) is 22.2 Å². The zero-order valence-corrected chi connectivity index (χ0v) is 16.3. The smallest absolute Gasteiger partial charge is 0.174 e. The Morgan fingerprint density at radius 2 is 2.18 bits per heavy atom. The summed E-state index contributed by atoms with van der Waals surface area (Å²) in [6.07, 6.45) is 3.82. The van der Waals surface area contributed by atoms with Crippen molar-refractivity contribution in [2.75, 3.05) is 19.7 Å². The van der Waals surface area contributed by atoms with E-state index >= 15 is 0 Å². The van der Waals surface area contributed by atoms with Gasteiger partial charge in [0.15, 0.2) is 23.4 Å². The van der Waals surface area contributed by atoms with E-state index in [4.69, 9.17) is 9.47 Å². The highest BCUT2D eigenvalue weighted by molar-refractivity contribution is 5.90. The number of aromatic hydroxyl groups is 1. The predicted molar refractivity (Wildman–Crippen MR) is 101 cm³/mol. The fourth-order valence-electron chi connectivity index (χ4n) is 7.06. The first kappa shape index (κ1) is 17.2. The number of hydrogen-bond acceptors (Lipinski definition) is 5. The molecule has 0 amide bonds. The number of benzene rings is 1. The number of carbonyl (C=O) groups is 1.